The third-order valence-electron chi connectivity index (χ3n) is 4.54. The van der Waals surface area contributed by atoms with Gasteiger partial charge in [0.15, 0.2) is 21.3 Å². The van der Waals surface area contributed by atoms with Gasteiger partial charge in [-0.1, -0.05) is 13.8 Å². The summed E-state index contributed by atoms with van der Waals surface area (Å²) in [5.41, 5.74) is 5.98. The highest BCUT2D eigenvalue weighted by molar-refractivity contribution is 7.91. The number of amides is 1. The first-order valence-corrected chi connectivity index (χ1v) is 10.5. The molecule has 9 heteroatoms. The fourth-order valence-electron chi connectivity index (χ4n) is 2.55. The Hall–Kier alpha value is -1.51. The van der Waals surface area contributed by atoms with Crippen molar-refractivity contribution in [3.8, 4) is 11.5 Å². The molecular weight excluding hydrogens is 392 g/mol. The second-order valence-electron chi connectivity index (χ2n) is 6.89. The van der Waals surface area contributed by atoms with Crippen LogP contribution in [0.4, 0.5) is 0 Å². The van der Waals surface area contributed by atoms with Crippen LogP contribution in [0.1, 0.15) is 26.7 Å². The number of sulfone groups is 1. The predicted molar refractivity (Wildman–Crippen MR) is 106 cm³/mol. The normalized spacial score (nSPS) is 14.4. The molecule has 1 atom stereocenters. The van der Waals surface area contributed by atoms with Gasteiger partial charge in [0.25, 0.3) is 0 Å². The molecule has 0 radical (unpaired) electrons. The summed E-state index contributed by atoms with van der Waals surface area (Å²) in [6, 6.07) is 4.55. The topological polar surface area (TPSA) is 98.9 Å². The smallest absolute Gasteiger partial charge is 0.223 e. The Morgan fingerprint density at radius 2 is 1.85 bits per heavy atom. The van der Waals surface area contributed by atoms with E-state index in [1.807, 2.05) is 13.8 Å². The van der Waals surface area contributed by atoms with Gasteiger partial charge in [0, 0.05) is 32.1 Å². The molecule has 1 aromatic rings. The van der Waals surface area contributed by atoms with Crippen molar-refractivity contribution >= 4 is 28.2 Å². The van der Waals surface area contributed by atoms with Crippen molar-refractivity contribution in [3.05, 3.63) is 18.2 Å². The Morgan fingerprint density at radius 3 is 2.48 bits per heavy atom. The number of carbonyl (C=O) groups excluding carboxylic acids is 1. The van der Waals surface area contributed by atoms with E-state index in [1.165, 1.54) is 12.1 Å². The lowest BCUT2D eigenvalue weighted by atomic mass is 10.0. The van der Waals surface area contributed by atoms with Gasteiger partial charge in [-0.3, -0.25) is 4.79 Å². The second kappa shape index (κ2) is 10.1. The summed E-state index contributed by atoms with van der Waals surface area (Å²) >= 11 is 0. The number of halogens is 1. The van der Waals surface area contributed by atoms with Crippen molar-refractivity contribution < 1.29 is 22.7 Å². The summed E-state index contributed by atoms with van der Waals surface area (Å²) in [6.07, 6.45) is 0.624. The maximum atomic E-state index is 12.5. The van der Waals surface area contributed by atoms with Crippen molar-refractivity contribution in [1.29, 1.82) is 0 Å². The van der Waals surface area contributed by atoms with E-state index in [0.717, 1.165) is 0 Å². The Bertz CT molecular complexity index is 739. The number of nitrogens with two attached hydrogens (primary N) is 1. The van der Waals surface area contributed by atoms with E-state index in [2.05, 4.69) is 0 Å². The minimum absolute atomic E-state index is 0. The van der Waals surface area contributed by atoms with Gasteiger partial charge in [-0.25, -0.2) is 8.42 Å². The summed E-state index contributed by atoms with van der Waals surface area (Å²) in [4.78, 5) is 13.9. The molecule has 1 aliphatic heterocycles. The summed E-state index contributed by atoms with van der Waals surface area (Å²) in [6.45, 7) is 5.42. The lowest BCUT2D eigenvalue weighted by Crippen LogP contribution is -2.35. The molecule has 1 aliphatic rings. The molecule has 0 fully saturated rings. The van der Waals surface area contributed by atoms with Crippen LogP contribution in [0.2, 0.25) is 0 Å². The zero-order valence-electron chi connectivity index (χ0n) is 16.0. The van der Waals surface area contributed by atoms with E-state index >= 15 is 0 Å². The minimum Gasteiger partial charge on any atom is -0.486 e. The van der Waals surface area contributed by atoms with Crippen LogP contribution in [-0.4, -0.2) is 57.8 Å². The Morgan fingerprint density at radius 1 is 1.22 bits per heavy atom. The quantitative estimate of drug-likeness (QED) is 0.689. The van der Waals surface area contributed by atoms with Gasteiger partial charge in [-0.05, 0) is 24.5 Å². The number of carbonyl (C=O) groups is 1. The third-order valence-corrected chi connectivity index (χ3v) is 6.25. The molecule has 2 N–H and O–H groups in total. The van der Waals surface area contributed by atoms with E-state index < -0.39 is 9.84 Å². The van der Waals surface area contributed by atoms with Gasteiger partial charge in [-0.2, -0.15) is 0 Å². The third kappa shape index (κ3) is 6.55. The summed E-state index contributed by atoms with van der Waals surface area (Å²) in [5, 5.41) is 0. The van der Waals surface area contributed by atoms with Crippen molar-refractivity contribution in [2.75, 3.05) is 32.6 Å². The van der Waals surface area contributed by atoms with Crippen molar-refractivity contribution in [2.24, 2.45) is 11.7 Å². The lowest BCUT2D eigenvalue weighted by Gasteiger charge is -2.21. The standard InChI is InChI=1S/C18H28N2O5S.ClH/c1-13(2)15(19)6-8-20(3)18(21)7-11-26(22,23)14-4-5-16-17(12-14)25-10-9-24-16;/h4-5,12-13,15H,6-11,19H2,1-3H3;1H. The van der Waals surface area contributed by atoms with Crippen LogP contribution in [0.25, 0.3) is 0 Å². The highest BCUT2D eigenvalue weighted by Gasteiger charge is 2.22. The van der Waals surface area contributed by atoms with Gasteiger partial charge in [0.2, 0.25) is 5.91 Å². The van der Waals surface area contributed by atoms with Crippen LogP contribution in [-0.2, 0) is 14.6 Å². The first-order chi connectivity index (χ1) is 12.2. The average Bonchev–Trinajstić information content (AvgIpc) is 2.63. The molecule has 1 amide bonds. The van der Waals surface area contributed by atoms with Crippen LogP contribution in [0.5, 0.6) is 11.5 Å². The number of nitrogens with zero attached hydrogens (tertiary/aromatic N) is 1. The van der Waals surface area contributed by atoms with Crippen molar-refractivity contribution in [2.45, 2.75) is 37.6 Å². The van der Waals surface area contributed by atoms with E-state index in [-0.39, 0.29) is 41.4 Å². The van der Waals surface area contributed by atoms with E-state index in [4.69, 9.17) is 15.2 Å². The molecule has 0 saturated heterocycles. The van der Waals surface area contributed by atoms with Crippen molar-refractivity contribution in [3.63, 3.8) is 0 Å². The summed E-state index contributed by atoms with van der Waals surface area (Å²) < 4.78 is 35.8. The van der Waals surface area contributed by atoms with Gasteiger partial charge in [-0.15, -0.1) is 12.4 Å². The number of ether oxygens (including phenoxy) is 2. The molecule has 0 bridgehead atoms. The molecule has 7 nitrogen and oxygen atoms in total. The predicted octanol–water partition coefficient (Wildman–Crippen LogP) is 1.88. The first-order valence-electron chi connectivity index (χ1n) is 8.82. The monoisotopic (exact) mass is 420 g/mol. The largest absolute Gasteiger partial charge is 0.486 e. The van der Waals surface area contributed by atoms with E-state index in [1.54, 1.807) is 18.0 Å². The zero-order valence-corrected chi connectivity index (χ0v) is 17.6. The Balaban J connectivity index is 0.00000364. The number of benzene rings is 1. The molecule has 27 heavy (non-hydrogen) atoms. The molecule has 154 valence electrons. The molecule has 1 aromatic carbocycles. The average molecular weight is 421 g/mol. The lowest BCUT2D eigenvalue weighted by molar-refractivity contribution is -0.129. The molecule has 0 aliphatic carbocycles. The zero-order chi connectivity index (χ0) is 19.3. The summed E-state index contributed by atoms with van der Waals surface area (Å²) in [5.74, 6) is 0.846. The van der Waals surface area contributed by atoms with Crippen LogP contribution in [0, 0.1) is 5.92 Å². The fraction of sp³-hybridized carbons (Fsp3) is 0.611. The van der Waals surface area contributed by atoms with Gasteiger partial charge in [0.05, 0.1) is 10.6 Å². The number of fused-ring (bicyclic) bond motifs is 1. The van der Waals surface area contributed by atoms with Crippen LogP contribution >= 0.6 is 12.4 Å². The molecular formula is C18H29ClN2O5S. The van der Waals surface area contributed by atoms with Crippen LogP contribution in [0.3, 0.4) is 0 Å². The van der Waals surface area contributed by atoms with Gasteiger partial charge >= 0.3 is 0 Å². The van der Waals surface area contributed by atoms with Crippen molar-refractivity contribution in [1.82, 2.24) is 4.90 Å². The Kier molecular flexibility index (Phi) is 8.84. The second-order valence-corrected chi connectivity index (χ2v) is 9.00. The Labute approximate surface area is 167 Å². The number of rotatable bonds is 8. The first kappa shape index (κ1) is 23.5. The van der Waals surface area contributed by atoms with E-state index in [9.17, 15) is 13.2 Å². The maximum absolute atomic E-state index is 12.5. The number of hydrogen-bond acceptors (Lipinski definition) is 6. The number of hydrogen-bond donors (Lipinski definition) is 1. The highest BCUT2D eigenvalue weighted by atomic mass is 35.5. The van der Waals surface area contributed by atoms with E-state index in [0.29, 0.717) is 43.6 Å². The maximum Gasteiger partial charge on any atom is 0.223 e. The van der Waals surface area contributed by atoms with Gasteiger partial charge < -0.3 is 20.1 Å². The molecule has 2 rings (SSSR count). The van der Waals surface area contributed by atoms with Crippen LogP contribution < -0.4 is 15.2 Å². The molecule has 1 unspecified atom stereocenters. The fourth-order valence-corrected chi connectivity index (χ4v) is 3.79. The minimum atomic E-state index is -3.57. The molecule has 0 aromatic heterocycles. The van der Waals surface area contributed by atoms with Gasteiger partial charge in [0.1, 0.15) is 13.2 Å². The summed E-state index contributed by atoms with van der Waals surface area (Å²) in [7, 11) is -1.90. The molecule has 0 spiro atoms. The van der Waals surface area contributed by atoms with Crippen LogP contribution in [0.15, 0.2) is 23.1 Å². The molecule has 0 saturated carbocycles. The SMILES string of the molecule is CC(C)C(N)CCN(C)C(=O)CCS(=O)(=O)c1ccc2c(c1)OCCO2.Cl. The molecule has 1 heterocycles. The highest BCUT2D eigenvalue weighted by Crippen LogP contribution is 2.32.